The minimum absolute atomic E-state index is 0.137. The lowest BCUT2D eigenvalue weighted by atomic mass is 10.1. The van der Waals surface area contributed by atoms with Crippen LogP contribution in [-0.4, -0.2) is 56.4 Å². The highest BCUT2D eigenvalue weighted by Gasteiger charge is 2.21. The molecule has 1 N–H and O–H groups in total. The Morgan fingerprint density at radius 1 is 1.26 bits per heavy atom. The number of carbonyl (C=O) groups excluding carboxylic acids is 1. The van der Waals surface area contributed by atoms with Gasteiger partial charge in [0.25, 0.3) is 0 Å². The summed E-state index contributed by atoms with van der Waals surface area (Å²) in [4.78, 5) is 14.0. The molecule has 1 aliphatic heterocycles. The molecule has 6 heteroatoms. The van der Waals surface area contributed by atoms with Crippen molar-refractivity contribution >= 4 is 15.7 Å². The summed E-state index contributed by atoms with van der Waals surface area (Å²) in [5.41, 5.74) is 0. The first-order valence-electron chi connectivity index (χ1n) is 7.19. The van der Waals surface area contributed by atoms with Crippen molar-refractivity contribution in [2.24, 2.45) is 0 Å². The molecule has 0 aromatic heterocycles. The van der Waals surface area contributed by atoms with Crippen LogP contribution in [0.25, 0.3) is 0 Å². The minimum Gasteiger partial charge on any atom is -0.341 e. The van der Waals surface area contributed by atoms with Gasteiger partial charge in [-0.25, -0.2) is 8.42 Å². The third-order valence-electron chi connectivity index (χ3n) is 3.56. The Kier molecular flexibility index (Phi) is 6.79. The molecule has 1 heterocycles. The molecule has 5 nitrogen and oxygen atoms in total. The fourth-order valence-corrected chi connectivity index (χ4v) is 3.10. The molecule has 19 heavy (non-hydrogen) atoms. The van der Waals surface area contributed by atoms with Crippen molar-refractivity contribution in [3.63, 3.8) is 0 Å². The van der Waals surface area contributed by atoms with E-state index in [1.54, 1.807) is 6.92 Å². The maximum Gasteiger partial charge on any atom is 0.239 e. The molecule has 1 rings (SSSR count). The first-order chi connectivity index (χ1) is 8.96. The Hall–Kier alpha value is -0.620. The van der Waals surface area contributed by atoms with Crippen LogP contribution in [0.1, 0.15) is 39.5 Å². The van der Waals surface area contributed by atoms with Gasteiger partial charge < -0.3 is 10.2 Å². The zero-order chi connectivity index (χ0) is 14.3. The second kappa shape index (κ2) is 7.85. The van der Waals surface area contributed by atoms with Crippen LogP contribution < -0.4 is 5.32 Å². The molecule has 112 valence electrons. The highest BCUT2D eigenvalue weighted by Crippen LogP contribution is 2.09. The van der Waals surface area contributed by atoms with Gasteiger partial charge in [0.15, 0.2) is 0 Å². The molecular formula is C13H26N2O3S. The van der Waals surface area contributed by atoms with E-state index in [9.17, 15) is 13.2 Å². The van der Waals surface area contributed by atoms with Crippen LogP contribution >= 0.6 is 0 Å². The number of nitrogens with one attached hydrogen (secondary N) is 1. The lowest BCUT2D eigenvalue weighted by Gasteiger charge is -2.29. The van der Waals surface area contributed by atoms with E-state index in [4.69, 9.17) is 0 Å². The number of piperidine rings is 1. The maximum atomic E-state index is 12.1. The summed E-state index contributed by atoms with van der Waals surface area (Å²) in [6, 6.07) is -0.220. The Morgan fingerprint density at radius 2 is 1.89 bits per heavy atom. The summed E-state index contributed by atoms with van der Waals surface area (Å²) in [5, 5.41) is 3.12. The Morgan fingerprint density at radius 3 is 2.47 bits per heavy atom. The summed E-state index contributed by atoms with van der Waals surface area (Å²) >= 11 is 0. The van der Waals surface area contributed by atoms with Crippen LogP contribution in [0.2, 0.25) is 0 Å². The predicted molar refractivity (Wildman–Crippen MR) is 76.8 cm³/mol. The summed E-state index contributed by atoms with van der Waals surface area (Å²) in [6.07, 6.45) is 3.95. The Balaban J connectivity index is 2.23. The van der Waals surface area contributed by atoms with Gasteiger partial charge in [-0.15, -0.1) is 0 Å². The number of amides is 1. The molecule has 0 spiro atoms. The number of hydrogen-bond donors (Lipinski definition) is 1. The van der Waals surface area contributed by atoms with Crippen molar-refractivity contribution in [2.45, 2.75) is 45.6 Å². The first kappa shape index (κ1) is 16.4. The second-order valence-electron chi connectivity index (χ2n) is 5.15. The number of likely N-dealkylation sites (tertiary alicyclic amines) is 1. The van der Waals surface area contributed by atoms with Gasteiger partial charge in [0, 0.05) is 18.8 Å². The maximum absolute atomic E-state index is 12.1. The molecular weight excluding hydrogens is 264 g/mol. The van der Waals surface area contributed by atoms with E-state index >= 15 is 0 Å². The van der Waals surface area contributed by atoms with E-state index in [0.717, 1.165) is 25.9 Å². The number of carbonyl (C=O) groups is 1. The quantitative estimate of drug-likeness (QED) is 0.704. The summed E-state index contributed by atoms with van der Waals surface area (Å²) in [5.74, 6) is 0.522. The van der Waals surface area contributed by atoms with Gasteiger partial charge in [0.05, 0.1) is 11.8 Å². The van der Waals surface area contributed by atoms with Gasteiger partial charge in [-0.2, -0.15) is 0 Å². The predicted octanol–water partition coefficient (Wildman–Crippen LogP) is 0.802. The molecule has 1 aliphatic rings. The van der Waals surface area contributed by atoms with Crippen LogP contribution in [0.15, 0.2) is 0 Å². The van der Waals surface area contributed by atoms with Crippen LogP contribution in [0, 0.1) is 0 Å². The van der Waals surface area contributed by atoms with Gasteiger partial charge in [-0.1, -0.05) is 6.92 Å². The van der Waals surface area contributed by atoms with Crippen molar-refractivity contribution < 1.29 is 13.2 Å². The van der Waals surface area contributed by atoms with Crippen molar-refractivity contribution in [2.75, 3.05) is 31.1 Å². The molecule has 0 aliphatic carbocycles. The van der Waals surface area contributed by atoms with Crippen molar-refractivity contribution in [1.82, 2.24) is 10.2 Å². The summed E-state index contributed by atoms with van der Waals surface area (Å²) in [7, 11) is -2.89. The zero-order valence-corrected chi connectivity index (χ0v) is 12.8. The van der Waals surface area contributed by atoms with E-state index < -0.39 is 9.84 Å². The van der Waals surface area contributed by atoms with Crippen LogP contribution in [0.5, 0.6) is 0 Å². The Labute approximate surface area is 116 Å². The molecule has 1 fully saturated rings. The van der Waals surface area contributed by atoms with E-state index in [2.05, 4.69) is 5.32 Å². The minimum atomic E-state index is -2.89. The smallest absolute Gasteiger partial charge is 0.239 e. The molecule has 1 saturated heterocycles. The summed E-state index contributed by atoms with van der Waals surface area (Å²) in [6.45, 7) is 5.79. The second-order valence-corrected chi connectivity index (χ2v) is 7.62. The Bertz CT molecular complexity index is 375. The standard InChI is InChI=1S/C13H26N2O3S/c1-3-19(17,18)11-7-8-14-12(2)13(16)15-9-5-4-6-10-15/h12,14H,3-11H2,1-2H3. The third-order valence-corrected chi connectivity index (χ3v) is 5.35. The van der Waals surface area contributed by atoms with Crippen molar-refractivity contribution in [1.29, 1.82) is 0 Å². The highest BCUT2D eigenvalue weighted by molar-refractivity contribution is 7.91. The van der Waals surface area contributed by atoms with Crippen molar-refractivity contribution in [3.05, 3.63) is 0 Å². The fourth-order valence-electron chi connectivity index (χ4n) is 2.23. The number of sulfone groups is 1. The molecule has 1 unspecified atom stereocenters. The van der Waals surface area contributed by atoms with Gasteiger partial charge in [-0.3, -0.25) is 4.79 Å². The monoisotopic (exact) mass is 290 g/mol. The number of rotatable bonds is 7. The molecule has 0 bridgehead atoms. The van der Waals surface area contributed by atoms with Gasteiger partial charge >= 0.3 is 0 Å². The lowest BCUT2D eigenvalue weighted by molar-refractivity contribution is -0.133. The third kappa shape index (κ3) is 5.91. The zero-order valence-electron chi connectivity index (χ0n) is 12.0. The normalized spacial score (nSPS) is 18.3. The van der Waals surface area contributed by atoms with E-state index in [-0.39, 0.29) is 23.5 Å². The molecule has 0 aromatic carbocycles. The van der Waals surface area contributed by atoms with Crippen molar-refractivity contribution in [3.8, 4) is 0 Å². The molecule has 1 amide bonds. The molecule has 1 atom stereocenters. The van der Waals surface area contributed by atoms with Crippen LogP contribution in [-0.2, 0) is 14.6 Å². The average Bonchev–Trinajstić information content (AvgIpc) is 2.43. The fraction of sp³-hybridized carbons (Fsp3) is 0.923. The molecule has 0 saturated carbocycles. The lowest BCUT2D eigenvalue weighted by Crippen LogP contribution is -2.47. The average molecular weight is 290 g/mol. The van der Waals surface area contributed by atoms with Gasteiger partial charge in [0.1, 0.15) is 9.84 Å². The highest BCUT2D eigenvalue weighted by atomic mass is 32.2. The van der Waals surface area contributed by atoms with Gasteiger partial charge in [0.2, 0.25) is 5.91 Å². The summed E-state index contributed by atoms with van der Waals surface area (Å²) < 4.78 is 22.6. The topological polar surface area (TPSA) is 66.5 Å². The molecule has 0 radical (unpaired) electrons. The van der Waals surface area contributed by atoms with E-state index in [0.29, 0.717) is 13.0 Å². The van der Waals surface area contributed by atoms with Crippen LogP contribution in [0.4, 0.5) is 0 Å². The number of hydrogen-bond acceptors (Lipinski definition) is 4. The van der Waals surface area contributed by atoms with Gasteiger partial charge in [-0.05, 0) is 39.2 Å². The first-order valence-corrected chi connectivity index (χ1v) is 9.01. The van der Waals surface area contributed by atoms with E-state index in [1.165, 1.54) is 6.42 Å². The number of nitrogens with zero attached hydrogens (tertiary/aromatic N) is 1. The largest absolute Gasteiger partial charge is 0.341 e. The molecule has 0 aromatic rings. The van der Waals surface area contributed by atoms with E-state index in [1.807, 2.05) is 11.8 Å². The SMILES string of the molecule is CCS(=O)(=O)CCCNC(C)C(=O)N1CCCCC1. The van der Waals surface area contributed by atoms with Crippen LogP contribution in [0.3, 0.4) is 0 Å².